The normalized spacial score (nSPS) is 12.4. The molecule has 0 heterocycles. The summed E-state index contributed by atoms with van der Waals surface area (Å²) >= 11 is 6.19. The molecule has 0 aliphatic rings. The average Bonchev–Trinajstić information content (AvgIpc) is 2.94. The largest absolute Gasteiger partial charge is 0.416 e. The fraction of sp³-hybridized carbons (Fsp3) is 0.355. The Balaban J connectivity index is 2.11. The molecule has 3 rings (SSSR count). The minimum atomic E-state index is -4.78. The van der Waals surface area contributed by atoms with E-state index in [0.717, 1.165) is 41.5 Å². The molecule has 0 saturated heterocycles. The van der Waals surface area contributed by atoms with Crippen LogP contribution in [0, 0.1) is 6.92 Å². The monoisotopic (exact) mass is 637 g/mol. The SMILES string of the molecule is CCCCNC(=O)[C@H](Cc1ccccc1)N(Cc1ccccc1C)C(=O)CN(c1cc(C(F)(F)F)ccc1Cl)S(C)(=O)=O. The lowest BCUT2D eigenvalue weighted by molar-refractivity contribution is -0.140. The van der Waals surface area contributed by atoms with Gasteiger partial charge in [-0.05, 0) is 48.2 Å². The van der Waals surface area contributed by atoms with E-state index in [0.29, 0.717) is 23.3 Å². The molecule has 1 N–H and O–H groups in total. The molecule has 0 fully saturated rings. The van der Waals surface area contributed by atoms with Crippen LogP contribution in [0.4, 0.5) is 18.9 Å². The van der Waals surface area contributed by atoms with Crippen molar-refractivity contribution in [2.24, 2.45) is 0 Å². The van der Waals surface area contributed by atoms with Gasteiger partial charge in [0.15, 0.2) is 0 Å². The highest BCUT2D eigenvalue weighted by molar-refractivity contribution is 7.92. The van der Waals surface area contributed by atoms with Crippen LogP contribution in [0.1, 0.15) is 42.0 Å². The zero-order valence-corrected chi connectivity index (χ0v) is 25.8. The van der Waals surface area contributed by atoms with E-state index in [9.17, 15) is 31.2 Å². The highest BCUT2D eigenvalue weighted by Crippen LogP contribution is 2.36. The molecule has 0 aliphatic heterocycles. The smallest absolute Gasteiger partial charge is 0.354 e. The van der Waals surface area contributed by atoms with Gasteiger partial charge in [0.05, 0.1) is 22.5 Å². The fourth-order valence-corrected chi connectivity index (χ4v) is 5.63. The third-order valence-electron chi connectivity index (χ3n) is 6.92. The highest BCUT2D eigenvalue weighted by Gasteiger charge is 2.36. The number of halogens is 4. The van der Waals surface area contributed by atoms with Crippen LogP contribution < -0.4 is 9.62 Å². The van der Waals surface area contributed by atoms with Gasteiger partial charge in [-0.3, -0.25) is 13.9 Å². The first-order valence-corrected chi connectivity index (χ1v) is 15.9. The molecule has 1 atom stereocenters. The van der Waals surface area contributed by atoms with Crippen molar-refractivity contribution in [1.29, 1.82) is 0 Å². The first-order valence-electron chi connectivity index (χ1n) is 13.7. The lowest BCUT2D eigenvalue weighted by Gasteiger charge is -2.34. The van der Waals surface area contributed by atoms with E-state index in [1.807, 2.05) is 44.2 Å². The summed E-state index contributed by atoms with van der Waals surface area (Å²) in [7, 11) is -4.30. The molecule has 232 valence electrons. The molecular weight excluding hydrogens is 603 g/mol. The van der Waals surface area contributed by atoms with E-state index in [4.69, 9.17) is 11.6 Å². The number of nitrogens with zero attached hydrogens (tertiary/aromatic N) is 2. The van der Waals surface area contributed by atoms with Crippen molar-refractivity contribution in [2.45, 2.75) is 51.9 Å². The summed E-state index contributed by atoms with van der Waals surface area (Å²) in [5.41, 5.74) is 0.711. The fourth-order valence-electron chi connectivity index (χ4n) is 4.51. The van der Waals surface area contributed by atoms with Gasteiger partial charge in [-0.2, -0.15) is 13.2 Å². The Morgan fingerprint density at radius 3 is 2.26 bits per heavy atom. The summed E-state index contributed by atoms with van der Waals surface area (Å²) in [6.07, 6.45) is -2.33. The number of rotatable bonds is 13. The van der Waals surface area contributed by atoms with Crippen molar-refractivity contribution < 1.29 is 31.2 Å². The van der Waals surface area contributed by atoms with E-state index < -0.39 is 51.9 Å². The molecular formula is C31H35ClF3N3O4S. The number of hydrogen-bond donors (Lipinski definition) is 1. The van der Waals surface area contributed by atoms with Crippen molar-refractivity contribution in [3.8, 4) is 0 Å². The number of sulfonamides is 1. The van der Waals surface area contributed by atoms with Gasteiger partial charge in [0, 0.05) is 19.5 Å². The molecule has 0 aromatic heterocycles. The van der Waals surface area contributed by atoms with Crippen LogP contribution in [0.3, 0.4) is 0 Å². The minimum absolute atomic E-state index is 0.0435. The lowest BCUT2D eigenvalue weighted by Crippen LogP contribution is -2.53. The number of benzene rings is 3. The number of nitrogens with one attached hydrogen (secondary N) is 1. The van der Waals surface area contributed by atoms with Crippen molar-refractivity contribution in [1.82, 2.24) is 10.2 Å². The van der Waals surface area contributed by atoms with Crippen molar-refractivity contribution in [2.75, 3.05) is 23.7 Å². The molecule has 12 heteroatoms. The van der Waals surface area contributed by atoms with Gasteiger partial charge in [-0.15, -0.1) is 0 Å². The third kappa shape index (κ3) is 9.46. The molecule has 0 bridgehead atoms. The zero-order valence-electron chi connectivity index (χ0n) is 24.2. The number of anilines is 1. The Labute approximate surface area is 255 Å². The number of alkyl halides is 3. The maximum absolute atomic E-state index is 14.1. The van der Waals surface area contributed by atoms with Crippen molar-refractivity contribution in [3.63, 3.8) is 0 Å². The lowest BCUT2D eigenvalue weighted by atomic mass is 10.0. The average molecular weight is 638 g/mol. The first-order chi connectivity index (χ1) is 20.2. The van der Waals surface area contributed by atoms with Gasteiger partial charge in [0.1, 0.15) is 12.6 Å². The molecule has 0 spiro atoms. The van der Waals surface area contributed by atoms with Gasteiger partial charge in [-0.1, -0.05) is 79.5 Å². The van der Waals surface area contributed by atoms with Crippen LogP contribution >= 0.6 is 11.6 Å². The van der Waals surface area contributed by atoms with Gasteiger partial charge < -0.3 is 10.2 Å². The number of carbonyl (C=O) groups excluding carboxylic acids is 2. The van der Waals surface area contributed by atoms with Gasteiger partial charge >= 0.3 is 6.18 Å². The molecule has 2 amide bonds. The second-order valence-electron chi connectivity index (χ2n) is 10.2. The zero-order chi connectivity index (χ0) is 31.8. The number of unbranched alkanes of at least 4 members (excludes halogenated alkanes) is 1. The predicted octanol–water partition coefficient (Wildman–Crippen LogP) is 5.99. The van der Waals surface area contributed by atoms with Gasteiger partial charge in [-0.25, -0.2) is 8.42 Å². The predicted molar refractivity (Wildman–Crippen MR) is 162 cm³/mol. The standard InChI is InChI=1S/C31H35ClF3N3O4S/c1-4-5-17-36-30(40)28(18-23-12-7-6-8-13-23)37(20-24-14-10-9-11-22(24)2)29(39)21-38(43(3,41)42)27-19-25(31(33,34)35)15-16-26(27)32/h6-16,19,28H,4-5,17-18,20-21H2,1-3H3,(H,36,40)/t28-/m0/s1. The Hall–Kier alpha value is -3.57. The third-order valence-corrected chi connectivity index (χ3v) is 8.37. The van der Waals surface area contributed by atoms with E-state index in [2.05, 4.69) is 5.32 Å². The molecule has 0 radical (unpaired) electrons. The topological polar surface area (TPSA) is 86.8 Å². The molecule has 0 unspecified atom stereocenters. The number of amides is 2. The summed E-state index contributed by atoms with van der Waals surface area (Å²) in [6, 6.07) is 17.5. The minimum Gasteiger partial charge on any atom is -0.354 e. The summed E-state index contributed by atoms with van der Waals surface area (Å²) in [5, 5.41) is 2.59. The van der Waals surface area contributed by atoms with Crippen LogP contribution in [0.15, 0.2) is 72.8 Å². The van der Waals surface area contributed by atoms with Crippen molar-refractivity contribution >= 4 is 39.1 Å². The van der Waals surface area contributed by atoms with Crippen LogP contribution in [0.25, 0.3) is 0 Å². The Morgan fingerprint density at radius 2 is 1.65 bits per heavy atom. The maximum atomic E-state index is 14.1. The van der Waals surface area contributed by atoms with E-state index in [1.165, 1.54) is 4.90 Å². The second-order valence-corrected chi connectivity index (χ2v) is 12.5. The second kappa shape index (κ2) is 14.7. The Morgan fingerprint density at radius 1 is 1.00 bits per heavy atom. The Kier molecular flexibility index (Phi) is 11.6. The van der Waals surface area contributed by atoms with Crippen LogP contribution in [-0.4, -0.2) is 50.5 Å². The van der Waals surface area contributed by atoms with E-state index in [1.54, 1.807) is 24.3 Å². The molecule has 43 heavy (non-hydrogen) atoms. The van der Waals surface area contributed by atoms with Gasteiger partial charge in [0.2, 0.25) is 21.8 Å². The van der Waals surface area contributed by atoms with Crippen LogP contribution in [0.2, 0.25) is 5.02 Å². The number of aryl methyl sites for hydroxylation is 1. The summed E-state index contributed by atoms with van der Waals surface area (Å²) < 4.78 is 67.0. The highest BCUT2D eigenvalue weighted by atomic mass is 35.5. The molecule has 7 nitrogen and oxygen atoms in total. The number of hydrogen-bond acceptors (Lipinski definition) is 4. The summed E-state index contributed by atoms with van der Waals surface area (Å²) in [5.74, 6) is -1.21. The molecule has 3 aromatic carbocycles. The van der Waals surface area contributed by atoms with Crippen molar-refractivity contribution in [3.05, 3.63) is 100 Å². The first kappa shape index (κ1) is 33.9. The van der Waals surface area contributed by atoms with Gasteiger partial charge in [0.25, 0.3) is 0 Å². The summed E-state index contributed by atoms with van der Waals surface area (Å²) in [4.78, 5) is 29.0. The molecule has 3 aromatic rings. The Bertz CT molecular complexity index is 1520. The van der Waals surface area contributed by atoms with E-state index >= 15 is 0 Å². The van der Waals surface area contributed by atoms with Crippen LogP contribution in [-0.2, 0) is 38.8 Å². The number of carbonyl (C=O) groups is 2. The summed E-state index contributed by atoms with van der Waals surface area (Å²) in [6.45, 7) is 3.27. The maximum Gasteiger partial charge on any atom is 0.416 e. The molecule has 0 aliphatic carbocycles. The van der Waals surface area contributed by atoms with E-state index in [-0.39, 0.29) is 18.0 Å². The molecule has 0 saturated carbocycles. The van der Waals surface area contributed by atoms with Crippen LogP contribution in [0.5, 0.6) is 0 Å². The quantitative estimate of drug-likeness (QED) is 0.233.